The Kier molecular flexibility index (Phi) is 2.96. The monoisotopic (exact) mass is 140 g/mol. The molecule has 1 aromatic heterocycles. The predicted molar refractivity (Wildman–Crippen MR) is 38.5 cm³/mol. The van der Waals surface area contributed by atoms with E-state index in [-0.39, 0.29) is 0 Å². The van der Waals surface area contributed by atoms with Crippen molar-refractivity contribution in [3.8, 4) is 0 Å². The van der Waals surface area contributed by atoms with Crippen molar-refractivity contribution in [1.82, 2.24) is 9.55 Å². The molecule has 10 heavy (non-hydrogen) atoms. The molecule has 1 aromatic rings. The summed E-state index contributed by atoms with van der Waals surface area (Å²) >= 11 is 0. The van der Waals surface area contributed by atoms with Crippen molar-refractivity contribution >= 4 is 0 Å². The van der Waals surface area contributed by atoms with E-state index in [9.17, 15) is 0 Å². The lowest BCUT2D eigenvalue weighted by Crippen LogP contribution is -2.00. The lowest BCUT2D eigenvalue weighted by atomic mass is 10.5. The largest absolute Gasteiger partial charge is 0.361 e. The van der Waals surface area contributed by atoms with Gasteiger partial charge in [0.2, 0.25) is 0 Å². The fourth-order valence-corrected chi connectivity index (χ4v) is 0.677. The van der Waals surface area contributed by atoms with E-state index in [4.69, 9.17) is 4.74 Å². The summed E-state index contributed by atoms with van der Waals surface area (Å²) in [5.41, 5.74) is 0. The molecule has 0 saturated carbocycles. The Labute approximate surface area is 60.6 Å². The predicted octanol–water partition coefficient (Wildman–Crippen LogP) is 1.27. The van der Waals surface area contributed by atoms with Crippen molar-refractivity contribution < 1.29 is 4.74 Å². The normalized spacial score (nSPS) is 10.1. The van der Waals surface area contributed by atoms with Gasteiger partial charge in [-0.05, 0) is 6.42 Å². The Balaban J connectivity index is 2.15. The average Bonchev–Trinajstić information content (AvgIpc) is 2.41. The molecule has 0 spiro atoms. The van der Waals surface area contributed by atoms with Crippen LogP contribution in [0.1, 0.15) is 13.3 Å². The molecule has 0 radical (unpaired) electrons. The molecule has 0 atom stereocenters. The van der Waals surface area contributed by atoms with Gasteiger partial charge < -0.3 is 9.30 Å². The minimum atomic E-state index is 0.619. The van der Waals surface area contributed by atoms with Crippen LogP contribution in [0.15, 0.2) is 18.7 Å². The van der Waals surface area contributed by atoms with E-state index < -0.39 is 0 Å². The maximum absolute atomic E-state index is 5.25. The molecule has 1 rings (SSSR count). The van der Waals surface area contributed by atoms with E-state index in [0.29, 0.717) is 6.73 Å². The summed E-state index contributed by atoms with van der Waals surface area (Å²) in [7, 11) is 0. The zero-order valence-electron chi connectivity index (χ0n) is 6.16. The number of ether oxygens (including phenoxy) is 1. The topological polar surface area (TPSA) is 27.1 Å². The fourth-order valence-electron chi connectivity index (χ4n) is 0.677. The molecule has 1 heterocycles. The lowest BCUT2D eigenvalue weighted by Gasteiger charge is -2.01. The average molecular weight is 140 g/mol. The highest BCUT2D eigenvalue weighted by Gasteiger charge is 1.86. The second kappa shape index (κ2) is 4.06. The van der Waals surface area contributed by atoms with Gasteiger partial charge >= 0.3 is 0 Å². The van der Waals surface area contributed by atoms with Gasteiger partial charge in [0, 0.05) is 19.0 Å². The standard InChI is InChI=1S/C7H12N2O/c1-2-5-10-7-9-4-3-8-6-9/h3-4,6H,2,5,7H2,1H3. The van der Waals surface area contributed by atoms with E-state index in [1.54, 1.807) is 12.5 Å². The van der Waals surface area contributed by atoms with Gasteiger partial charge in [0.05, 0.1) is 6.33 Å². The Morgan fingerprint density at radius 3 is 3.10 bits per heavy atom. The minimum absolute atomic E-state index is 0.619. The summed E-state index contributed by atoms with van der Waals surface area (Å²) in [5, 5.41) is 0. The molecule has 0 aliphatic carbocycles. The lowest BCUT2D eigenvalue weighted by molar-refractivity contribution is 0.0774. The van der Waals surface area contributed by atoms with Crippen molar-refractivity contribution in [3.05, 3.63) is 18.7 Å². The van der Waals surface area contributed by atoms with Crippen molar-refractivity contribution in [2.24, 2.45) is 0 Å². The molecule has 56 valence electrons. The SMILES string of the molecule is CCCOCn1ccnc1. The van der Waals surface area contributed by atoms with Crippen LogP contribution >= 0.6 is 0 Å². The first-order chi connectivity index (χ1) is 4.93. The van der Waals surface area contributed by atoms with Crippen LogP contribution in [0.5, 0.6) is 0 Å². The molecule has 3 heteroatoms. The third kappa shape index (κ3) is 2.19. The van der Waals surface area contributed by atoms with Gasteiger partial charge in [-0.1, -0.05) is 6.92 Å². The molecule has 0 bridgehead atoms. The van der Waals surface area contributed by atoms with Crippen LogP contribution in [0.4, 0.5) is 0 Å². The van der Waals surface area contributed by atoms with Gasteiger partial charge in [-0.3, -0.25) is 0 Å². The van der Waals surface area contributed by atoms with Crippen LogP contribution < -0.4 is 0 Å². The van der Waals surface area contributed by atoms with Gasteiger partial charge in [-0.15, -0.1) is 0 Å². The highest BCUT2D eigenvalue weighted by atomic mass is 16.5. The number of hydrogen-bond donors (Lipinski definition) is 0. The van der Waals surface area contributed by atoms with E-state index in [1.165, 1.54) is 0 Å². The molecular formula is C7H12N2O. The van der Waals surface area contributed by atoms with E-state index in [0.717, 1.165) is 13.0 Å². The van der Waals surface area contributed by atoms with Crippen LogP contribution in [-0.4, -0.2) is 16.2 Å². The first kappa shape index (κ1) is 7.28. The van der Waals surface area contributed by atoms with Crippen molar-refractivity contribution in [3.63, 3.8) is 0 Å². The van der Waals surface area contributed by atoms with E-state index in [1.807, 2.05) is 10.8 Å². The summed E-state index contributed by atoms with van der Waals surface area (Å²) in [6.45, 7) is 3.53. The van der Waals surface area contributed by atoms with E-state index >= 15 is 0 Å². The zero-order valence-corrected chi connectivity index (χ0v) is 6.16. The number of hydrogen-bond acceptors (Lipinski definition) is 2. The number of nitrogens with zero attached hydrogens (tertiary/aromatic N) is 2. The summed E-state index contributed by atoms with van der Waals surface area (Å²) in [6.07, 6.45) is 6.44. The summed E-state index contributed by atoms with van der Waals surface area (Å²) in [4.78, 5) is 3.88. The molecule has 0 unspecified atom stereocenters. The first-order valence-electron chi connectivity index (χ1n) is 3.47. The van der Waals surface area contributed by atoms with Gasteiger partial charge in [0.15, 0.2) is 0 Å². The molecule has 0 aliphatic heterocycles. The molecule has 0 aliphatic rings. The summed E-state index contributed by atoms with van der Waals surface area (Å²) < 4.78 is 7.15. The Hall–Kier alpha value is -0.830. The van der Waals surface area contributed by atoms with Gasteiger partial charge in [0.1, 0.15) is 6.73 Å². The quantitative estimate of drug-likeness (QED) is 0.589. The molecule has 0 fully saturated rings. The maximum Gasteiger partial charge on any atom is 0.123 e. The van der Waals surface area contributed by atoms with Crippen molar-refractivity contribution in [2.75, 3.05) is 6.61 Å². The smallest absolute Gasteiger partial charge is 0.123 e. The minimum Gasteiger partial charge on any atom is -0.361 e. The van der Waals surface area contributed by atoms with Crippen LogP contribution in [-0.2, 0) is 11.5 Å². The fraction of sp³-hybridized carbons (Fsp3) is 0.571. The van der Waals surface area contributed by atoms with Gasteiger partial charge in [-0.2, -0.15) is 0 Å². The zero-order chi connectivity index (χ0) is 7.23. The first-order valence-corrected chi connectivity index (χ1v) is 3.47. The highest BCUT2D eigenvalue weighted by molar-refractivity contribution is 4.71. The number of imidazole rings is 1. The van der Waals surface area contributed by atoms with Crippen LogP contribution in [0.2, 0.25) is 0 Å². The third-order valence-electron chi connectivity index (χ3n) is 1.15. The molecule has 0 N–H and O–H groups in total. The van der Waals surface area contributed by atoms with Crippen LogP contribution in [0.3, 0.4) is 0 Å². The van der Waals surface area contributed by atoms with Gasteiger partial charge in [0.25, 0.3) is 0 Å². The van der Waals surface area contributed by atoms with Crippen LogP contribution in [0.25, 0.3) is 0 Å². The molecule has 0 saturated heterocycles. The Bertz CT molecular complexity index is 160. The second-order valence-corrected chi connectivity index (χ2v) is 2.11. The highest BCUT2D eigenvalue weighted by Crippen LogP contribution is 1.87. The molecule has 0 aromatic carbocycles. The summed E-state index contributed by atoms with van der Waals surface area (Å²) in [6, 6.07) is 0. The van der Waals surface area contributed by atoms with Crippen LogP contribution in [0, 0.1) is 0 Å². The second-order valence-electron chi connectivity index (χ2n) is 2.11. The van der Waals surface area contributed by atoms with Crippen molar-refractivity contribution in [1.29, 1.82) is 0 Å². The van der Waals surface area contributed by atoms with Gasteiger partial charge in [-0.25, -0.2) is 4.98 Å². The summed E-state index contributed by atoms with van der Waals surface area (Å²) in [5.74, 6) is 0. The number of rotatable bonds is 4. The third-order valence-corrected chi connectivity index (χ3v) is 1.15. The number of aromatic nitrogens is 2. The van der Waals surface area contributed by atoms with E-state index in [2.05, 4.69) is 11.9 Å². The molecule has 3 nitrogen and oxygen atoms in total. The Morgan fingerprint density at radius 2 is 2.50 bits per heavy atom. The Morgan fingerprint density at radius 1 is 1.60 bits per heavy atom. The maximum atomic E-state index is 5.25. The molecule has 0 amide bonds. The molecular weight excluding hydrogens is 128 g/mol. The van der Waals surface area contributed by atoms with Crippen molar-refractivity contribution in [2.45, 2.75) is 20.1 Å².